The second-order valence-corrected chi connectivity index (χ2v) is 6.15. The van der Waals surface area contributed by atoms with E-state index in [4.69, 9.17) is 12.2 Å². The lowest BCUT2D eigenvalue weighted by molar-refractivity contribution is 0.767. The van der Waals surface area contributed by atoms with Crippen molar-refractivity contribution in [3.8, 4) is 11.3 Å². The second-order valence-electron chi connectivity index (χ2n) is 4.42. The van der Waals surface area contributed by atoms with E-state index in [1.807, 2.05) is 37.3 Å². The summed E-state index contributed by atoms with van der Waals surface area (Å²) in [4.78, 5) is 7.86. The van der Waals surface area contributed by atoms with Crippen molar-refractivity contribution in [2.45, 2.75) is 18.1 Å². The first kappa shape index (κ1) is 11.9. The van der Waals surface area contributed by atoms with Gasteiger partial charge in [-0.05, 0) is 24.7 Å². The molecule has 0 saturated carbocycles. The maximum atomic E-state index is 5.26. The first-order chi connectivity index (χ1) is 8.72. The third-order valence-electron chi connectivity index (χ3n) is 3.01. The second kappa shape index (κ2) is 4.85. The van der Waals surface area contributed by atoms with Crippen molar-refractivity contribution < 1.29 is 0 Å². The Kier molecular flexibility index (Phi) is 3.22. The number of thioether (sulfide) groups is 1. The molecule has 94 valence electrons. The summed E-state index contributed by atoms with van der Waals surface area (Å²) in [6.45, 7) is 0. The molecule has 4 nitrogen and oxygen atoms in total. The molecule has 1 aliphatic rings. The molecule has 2 aromatic rings. The zero-order chi connectivity index (χ0) is 12.5. The molecule has 1 unspecified atom stereocenters. The fraction of sp³-hybridized carbons (Fsp3) is 0.417. The molecule has 3 rings (SSSR count). The Labute approximate surface area is 115 Å². The largest absolute Gasteiger partial charge is 0.342 e. The summed E-state index contributed by atoms with van der Waals surface area (Å²) in [6, 6.07) is 1.90. The van der Waals surface area contributed by atoms with Gasteiger partial charge in [0.1, 0.15) is 10.5 Å². The van der Waals surface area contributed by atoms with Crippen LogP contribution in [0.4, 0.5) is 0 Å². The van der Waals surface area contributed by atoms with Gasteiger partial charge < -0.3 is 4.98 Å². The number of aromatic amines is 1. The molecule has 1 N–H and O–H groups in total. The smallest absolute Gasteiger partial charge is 0.130 e. The molecule has 0 amide bonds. The summed E-state index contributed by atoms with van der Waals surface area (Å²) in [5.41, 5.74) is 2.06. The van der Waals surface area contributed by atoms with Crippen molar-refractivity contribution in [1.82, 2.24) is 19.7 Å². The minimum atomic E-state index is 0.461. The molecule has 0 radical (unpaired) electrons. The highest BCUT2D eigenvalue weighted by Crippen LogP contribution is 2.38. The highest BCUT2D eigenvalue weighted by Gasteiger charge is 2.20. The van der Waals surface area contributed by atoms with Gasteiger partial charge in [0.2, 0.25) is 0 Å². The highest BCUT2D eigenvalue weighted by molar-refractivity contribution is 7.99. The molecule has 2 aromatic heterocycles. The quantitative estimate of drug-likeness (QED) is 0.857. The Morgan fingerprint density at radius 3 is 3.11 bits per heavy atom. The van der Waals surface area contributed by atoms with E-state index in [1.165, 1.54) is 18.6 Å². The number of rotatable bonds is 2. The first-order valence-corrected chi connectivity index (χ1v) is 7.40. The van der Waals surface area contributed by atoms with Crippen LogP contribution in [0.3, 0.4) is 0 Å². The lowest BCUT2D eigenvalue weighted by atomic mass is 10.2. The Morgan fingerprint density at radius 2 is 2.44 bits per heavy atom. The van der Waals surface area contributed by atoms with Gasteiger partial charge in [0.25, 0.3) is 0 Å². The lowest BCUT2D eigenvalue weighted by Crippen LogP contribution is -1.99. The fourth-order valence-corrected chi connectivity index (χ4v) is 3.57. The summed E-state index contributed by atoms with van der Waals surface area (Å²) in [5, 5.41) is 4.65. The Hall–Kier alpha value is -1.14. The first-order valence-electron chi connectivity index (χ1n) is 5.94. The van der Waals surface area contributed by atoms with Gasteiger partial charge in [-0.25, -0.2) is 4.98 Å². The van der Waals surface area contributed by atoms with Crippen molar-refractivity contribution >= 4 is 24.0 Å². The zero-order valence-corrected chi connectivity index (χ0v) is 11.7. The van der Waals surface area contributed by atoms with Gasteiger partial charge in [-0.3, -0.25) is 4.68 Å². The molecule has 1 fully saturated rings. The summed E-state index contributed by atoms with van der Waals surface area (Å²) in [6.07, 6.45) is 6.26. The average molecular weight is 278 g/mol. The van der Waals surface area contributed by atoms with Crippen LogP contribution in [0.5, 0.6) is 0 Å². The average Bonchev–Trinajstić information content (AvgIpc) is 2.98. The third kappa shape index (κ3) is 2.35. The third-order valence-corrected chi connectivity index (χ3v) is 4.61. The molecule has 1 saturated heterocycles. The predicted octanol–water partition coefficient (Wildman–Crippen LogP) is 3.11. The minimum Gasteiger partial charge on any atom is -0.342 e. The summed E-state index contributed by atoms with van der Waals surface area (Å²) in [7, 11) is 1.91. The van der Waals surface area contributed by atoms with Crippen LogP contribution < -0.4 is 0 Å². The van der Waals surface area contributed by atoms with Gasteiger partial charge in [0.15, 0.2) is 0 Å². The zero-order valence-electron chi connectivity index (χ0n) is 10.1. The summed E-state index contributed by atoms with van der Waals surface area (Å²) < 4.78 is 2.44. The number of H-pyrrole nitrogens is 1. The van der Waals surface area contributed by atoms with Crippen LogP contribution in [-0.4, -0.2) is 25.5 Å². The van der Waals surface area contributed by atoms with Crippen LogP contribution in [0.2, 0.25) is 0 Å². The molecule has 6 heteroatoms. The number of nitrogens with one attached hydrogen (secondary N) is 1. The van der Waals surface area contributed by atoms with Crippen molar-refractivity contribution in [2.24, 2.45) is 7.05 Å². The van der Waals surface area contributed by atoms with Crippen LogP contribution in [0.1, 0.15) is 23.9 Å². The maximum absolute atomic E-state index is 5.26. The molecule has 1 atom stereocenters. The molecule has 0 spiro atoms. The van der Waals surface area contributed by atoms with Crippen molar-refractivity contribution in [3.63, 3.8) is 0 Å². The standard InChI is InChI=1S/C12H14N4S2/c1-16-7-8(6-13-16)9-5-11(17)15-12(14-9)10-3-2-4-18-10/h5-7,10H,2-4H2,1H3,(H,14,15,17). The van der Waals surface area contributed by atoms with E-state index < -0.39 is 0 Å². The van der Waals surface area contributed by atoms with Crippen molar-refractivity contribution in [1.29, 1.82) is 0 Å². The van der Waals surface area contributed by atoms with Gasteiger partial charge in [-0.15, -0.1) is 0 Å². The van der Waals surface area contributed by atoms with Gasteiger partial charge in [0.05, 0.1) is 17.1 Å². The normalized spacial score (nSPS) is 19.3. The molecular formula is C12H14N4S2. The van der Waals surface area contributed by atoms with Crippen LogP contribution in [-0.2, 0) is 7.05 Å². The topological polar surface area (TPSA) is 46.5 Å². The van der Waals surface area contributed by atoms with E-state index in [9.17, 15) is 0 Å². The van der Waals surface area contributed by atoms with E-state index in [2.05, 4.69) is 15.1 Å². The fourth-order valence-electron chi connectivity index (χ4n) is 2.14. The Balaban J connectivity index is 2.02. The van der Waals surface area contributed by atoms with E-state index in [0.717, 1.165) is 17.1 Å². The maximum Gasteiger partial charge on any atom is 0.130 e. The van der Waals surface area contributed by atoms with Gasteiger partial charge >= 0.3 is 0 Å². The van der Waals surface area contributed by atoms with Gasteiger partial charge in [-0.2, -0.15) is 16.9 Å². The molecule has 3 heterocycles. The Bertz CT molecular complexity index is 611. The number of aromatic nitrogens is 4. The van der Waals surface area contributed by atoms with Crippen LogP contribution in [0.15, 0.2) is 18.5 Å². The molecular weight excluding hydrogens is 264 g/mol. The summed E-state index contributed by atoms with van der Waals surface area (Å²) in [5.74, 6) is 2.22. The van der Waals surface area contributed by atoms with Crippen molar-refractivity contribution in [3.05, 3.63) is 28.9 Å². The molecule has 0 bridgehead atoms. The summed E-state index contributed by atoms with van der Waals surface area (Å²) >= 11 is 7.21. The van der Waals surface area contributed by atoms with E-state index in [-0.39, 0.29) is 0 Å². The van der Waals surface area contributed by atoms with Crippen molar-refractivity contribution in [2.75, 3.05) is 5.75 Å². The molecule has 0 aliphatic carbocycles. The molecule has 0 aromatic carbocycles. The molecule has 18 heavy (non-hydrogen) atoms. The van der Waals surface area contributed by atoms with E-state index >= 15 is 0 Å². The van der Waals surface area contributed by atoms with E-state index in [1.54, 1.807) is 4.68 Å². The minimum absolute atomic E-state index is 0.461. The highest BCUT2D eigenvalue weighted by atomic mass is 32.2. The number of nitrogens with zero attached hydrogens (tertiary/aromatic N) is 3. The number of hydrogen-bond acceptors (Lipinski definition) is 4. The number of aryl methyl sites for hydroxylation is 1. The van der Waals surface area contributed by atoms with Crippen LogP contribution in [0.25, 0.3) is 11.3 Å². The predicted molar refractivity (Wildman–Crippen MR) is 76.1 cm³/mol. The lowest BCUT2D eigenvalue weighted by Gasteiger charge is -2.09. The molecule has 1 aliphatic heterocycles. The van der Waals surface area contributed by atoms with E-state index in [0.29, 0.717) is 9.89 Å². The van der Waals surface area contributed by atoms with Crippen LogP contribution >= 0.6 is 24.0 Å². The number of hydrogen-bond donors (Lipinski definition) is 1. The van der Waals surface area contributed by atoms with Crippen LogP contribution in [0, 0.1) is 4.64 Å². The monoisotopic (exact) mass is 278 g/mol. The van der Waals surface area contributed by atoms with Gasteiger partial charge in [0, 0.05) is 18.8 Å². The Morgan fingerprint density at radius 1 is 1.56 bits per heavy atom. The van der Waals surface area contributed by atoms with Gasteiger partial charge in [-0.1, -0.05) is 12.2 Å². The SMILES string of the molecule is Cn1cc(-c2cc(=S)nc(C3CCCS3)[nH]2)cn1.